The Balaban J connectivity index is 1.46. The van der Waals surface area contributed by atoms with Crippen molar-refractivity contribution >= 4 is 16.7 Å². The van der Waals surface area contributed by atoms with E-state index in [1.165, 1.54) is 5.69 Å². The molecule has 3 aromatic heterocycles. The van der Waals surface area contributed by atoms with Gasteiger partial charge in [0.25, 0.3) is 0 Å². The zero-order chi connectivity index (χ0) is 26.9. The fourth-order valence-electron chi connectivity index (χ4n) is 5.09. The first-order valence-electron chi connectivity index (χ1n) is 12.8. The number of piperazine rings is 1. The fourth-order valence-corrected chi connectivity index (χ4v) is 5.09. The Morgan fingerprint density at radius 2 is 1.59 bits per heavy atom. The number of rotatable bonds is 5. The molecule has 0 unspecified atom stereocenters. The Labute approximate surface area is 225 Å². The van der Waals surface area contributed by atoms with Gasteiger partial charge in [-0.3, -0.25) is 4.98 Å². The molecule has 0 saturated carbocycles. The molecule has 0 atom stereocenters. The highest BCUT2D eigenvalue weighted by atomic mass is 19.1. The Morgan fingerprint density at radius 1 is 0.821 bits per heavy atom. The quantitative estimate of drug-likeness (QED) is 0.279. The van der Waals surface area contributed by atoms with Crippen LogP contribution in [0.15, 0.2) is 79.3 Å². The smallest absolute Gasteiger partial charge is 0.160 e. The van der Waals surface area contributed by atoms with Crippen molar-refractivity contribution in [2.24, 2.45) is 0 Å². The summed E-state index contributed by atoms with van der Waals surface area (Å²) in [5, 5.41) is 0.751. The molecule has 0 amide bonds. The third kappa shape index (κ3) is 4.79. The standard InChI is InChI=1S/C31H27F2N5O/c1-37-12-14-38(15-13-37)22-8-5-20(6-9-22)26-18-34-19-27(30(26)39-2)24-17-29(25-16-21(32)7-10-28(25)33)36-31-23(24)4-3-11-35-31/h3-11,16-19H,12-15H2,1-2H3. The molecule has 1 fully saturated rings. The molecule has 0 N–H and O–H groups in total. The Kier molecular flexibility index (Phi) is 6.62. The first-order valence-corrected chi connectivity index (χ1v) is 12.8. The van der Waals surface area contributed by atoms with Gasteiger partial charge >= 0.3 is 0 Å². The Bertz CT molecular complexity index is 1650. The molecule has 4 heterocycles. The molecule has 1 aliphatic heterocycles. The van der Waals surface area contributed by atoms with E-state index in [0.717, 1.165) is 60.9 Å². The first-order chi connectivity index (χ1) is 19.0. The molecule has 1 saturated heterocycles. The summed E-state index contributed by atoms with van der Waals surface area (Å²) >= 11 is 0. The number of benzene rings is 2. The zero-order valence-corrected chi connectivity index (χ0v) is 21.7. The maximum absolute atomic E-state index is 14.7. The largest absolute Gasteiger partial charge is 0.495 e. The average Bonchev–Trinajstić information content (AvgIpc) is 2.98. The maximum atomic E-state index is 14.7. The summed E-state index contributed by atoms with van der Waals surface area (Å²) in [7, 11) is 3.77. The summed E-state index contributed by atoms with van der Waals surface area (Å²) in [6, 6.07) is 17.2. The molecular weight excluding hydrogens is 496 g/mol. The first kappa shape index (κ1) is 24.9. The Morgan fingerprint density at radius 3 is 2.36 bits per heavy atom. The van der Waals surface area contributed by atoms with E-state index in [1.807, 2.05) is 12.1 Å². The number of aromatic nitrogens is 3. The van der Waals surface area contributed by atoms with Crippen molar-refractivity contribution in [1.82, 2.24) is 19.9 Å². The van der Waals surface area contributed by atoms with Gasteiger partial charge in [-0.2, -0.15) is 0 Å². The van der Waals surface area contributed by atoms with Crippen LogP contribution in [0.3, 0.4) is 0 Å². The van der Waals surface area contributed by atoms with Crippen LogP contribution in [0.5, 0.6) is 5.75 Å². The van der Waals surface area contributed by atoms with E-state index in [1.54, 1.807) is 31.8 Å². The second kappa shape index (κ2) is 10.4. The van der Waals surface area contributed by atoms with Crippen LogP contribution in [0.25, 0.3) is 44.5 Å². The molecule has 0 aliphatic carbocycles. The van der Waals surface area contributed by atoms with Gasteiger partial charge in [0.2, 0.25) is 0 Å². The molecule has 0 spiro atoms. The number of hydrogen-bond acceptors (Lipinski definition) is 6. The van der Waals surface area contributed by atoms with Crippen LogP contribution in [-0.4, -0.2) is 60.2 Å². The number of nitrogens with zero attached hydrogens (tertiary/aromatic N) is 5. The molecule has 1 aliphatic rings. The summed E-state index contributed by atoms with van der Waals surface area (Å²) in [6.45, 7) is 4.07. The molecule has 2 aromatic carbocycles. The van der Waals surface area contributed by atoms with Crippen molar-refractivity contribution in [3.8, 4) is 39.3 Å². The second-order valence-corrected chi connectivity index (χ2v) is 9.66. The van der Waals surface area contributed by atoms with Crippen molar-refractivity contribution < 1.29 is 13.5 Å². The van der Waals surface area contributed by atoms with Crippen molar-refractivity contribution in [1.29, 1.82) is 0 Å². The van der Waals surface area contributed by atoms with Gasteiger partial charge in [0.15, 0.2) is 5.65 Å². The van der Waals surface area contributed by atoms with Crippen LogP contribution in [-0.2, 0) is 0 Å². The van der Waals surface area contributed by atoms with Crippen molar-refractivity contribution in [3.05, 3.63) is 90.9 Å². The third-order valence-corrected chi connectivity index (χ3v) is 7.23. The van der Waals surface area contributed by atoms with E-state index >= 15 is 0 Å². The maximum Gasteiger partial charge on any atom is 0.160 e. The lowest BCUT2D eigenvalue weighted by molar-refractivity contribution is 0.313. The van der Waals surface area contributed by atoms with Crippen molar-refractivity contribution in [2.45, 2.75) is 0 Å². The number of halogens is 2. The molecule has 39 heavy (non-hydrogen) atoms. The number of pyridine rings is 3. The lowest BCUT2D eigenvalue weighted by Crippen LogP contribution is -2.44. The van der Waals surface area contributed by atoms with Crippen molar-refractivity contribution in [3.63, 3.8) is 0 Å². The van der Waals surface area contributed by atoms with Gasteiger partial charge in [0, 0.05) is 78.1 Å². The van der Waals surface area contributed by atoms with E-state index in [4.69, 9.17) is 4.74 Å². The summed E-state index contributed by atoms with van der Waals surface area (Å²) in [6.07, 6.45) is 5.12. The monoisotopic (exact) mass is 523 g/mol. The highest BCUT2D eigenvalue weighted by Gasteiger charge is 2.20. The summed E-state index contributed by atoms with van der Waals surface area (Å²) in [5.74, 6) is -0.485. The van der Waals surface area contributed by atoms with Crippen LogP contribution >= 0.6 is 0 Å². The highest BCUT2D eigenvalue weighted by molar-refractivity contribution is 5.98. The van der Waals surface area contributed by atoms with Crippen LogP contribution < -0.4 is 9.64 Å². The lowest BCUT2D eigenvalue weighted by atomic mass is 9.96. The molecule has 6 rings (SSSR count). The number of hydrogen-bond donors (Lipinski definition) is 0. The van der Waals surface area contributed by atoms with Gasteiger partial charge in [0.1, 0.15) is 17.4 Å². The zero-order valence-electron chi connectivity index (χ0n) is 21.7. The van der Waals surface area contributed by atoms with Gasteiger partial charge in [-0.25, -0.2) is 18.7 Å². The summed E-state index contributed by atoms with van der Waals surface area (Å²) in [5.41, 5.74) is 5.15. The number of likely N-dealkylation sites (N-methyl/N-ethyl adjacent to an activating group) is 1. The van der Waals surface area contributed by atoms with Crippen LogP contribution in [0.1, 0.15) is 0 Å². The van der Waals surface area contributed by atoms with E-state index in [9.17, 15) is 8.78 Å². The van der Waals surface area contributed by atoms with Crippen LogP contribution in [0.4, 0.5) is 14.5 Å². The topological polar surface area (TPSA) is 54.4 Å². The molecule has 5 aromatic rings. The van der Waals surface area contributed by atoms with E-state index in [0.29, 0.717) is 22.5 Å². The predicted octanol–water partition coefficient (Wildman–Crippen LogP) is 6.06. The minimum atomic E-state index is -0.565. The molecule has 196 valence electrons. The van der Waals surface area contributed by atoms with Gasteiger partial charge in [-0.15, -0.1) is 0 Å². The molecule has 0 radical (unpaired) electrons. The molecular formula is C31H27F2N5O. The van der Waals surface area contributed by atoms with Gasteiger partial charge in [-0.1, -0.05) is 12.1 Å². The normalized spacial score (nSPS) is 14.1. The SMILES string of the molecule is COc1c(-c2ccc(N3CCN(C)CC3)cc2)cncc1-c1cc(-c2cc(F)ccc2F)nc2ncccc12. The number of anilines is 1. The van der Waals surface area contributed by atoms with E-state index < -0.39 is 11.6 Å². The van der Waals surface area contributed by atoms with Crippen LogP contribution in [0.2, 0.25) is 0 Å². The minimum absolute atomic E-state index is 0.0615. The average molecular weight is 524 g/mol. The number of ether oxygens (including phenoxy) is 1. The third-order valence-electron chi connectivity index (χ3n) is 7.23. The lowest BCUT2D eigenvalue weighted by Gasteiger charge is -2.34. The van der Waals surface area contributed by atoms with Crippen molar-refractivity contribution in [2.75, 3.05) is 45.2 Å². The molecule has 0 bridgehead atoms. The summed E-state index contributed by atoms with van der Waals surface area (Å²) < 4.78 is 34.7. The number of fused-ring (bicyclic) bond motifs is 1. The predicted molar refractivity (Wildman–Crippen MR) is 150 cm³/mol. The summed E-state index contributed by atoms with van der Waals surface area (Å²) in [4.78, 5) is 18.2. The fraction of sp³-hybridized carbons (Fsp3) is 0.194. The van der Waals surface area contributed by atoms with Gasteiger partial charge < -0.3 is 14.5 Å². The highest BCUT2D eigenvalue weighted by Crippen LogP contribution is 2.42. The van der Waals surface area contributed by atoms with E-state index in [-0.39, 0.29) is 11.3 Å². The second-order valence-electron chi connectivity index (χ2n) is 9.66. The number of methoxy groups -OCH3 is 1. The van der Waals surface area contributed by atoms with Gasteiger partial charge in [0.05, 0.1) is 12.8 Å². The van der Waals surface area contributed by atoms with Gasteiger partial charge in [-0.05, 0) is 61.1 Å². The molecule has 6 nitrogen and oxygen atoms in total. The molecule has 8 heteroatoms. The van der Waals surface area contributed by atoms with Crippen LogP contribution in [0, 0.1) is 11.6 Å². The Hall–Kier alpha value is -4.43. The minimum Gasteiger partial charge on any atom is -0.495 e. The van der Waals surface area contributed by atoms with E-state index in [2.05, 4.69) is 56.1 Å².